The fraction of sp³-hybridized carbons (Fsp3) is 0.600. The average Bonchev–Trinajstić information content (AvgIpc) is 3.20. The summed E-state index contributed by atoms with van der Waals surface area (Å²) < 4.78 is 22.1. The van der Waals surface area contributed by atoms with E-state index >= 15 is 0 Å². The SMILES string of the molecule is OC[C@@H]1O[C@H](O[C@H]2[C@@H](O)[C@H](O)[C@@H](Oc3c[nH]c4cc(Cl)ccc34)O[C@H]2CO)[C@@H](O)[C@H](O)[C@@H]1O. The molecule has 8 N–H and O–H groups in total. The van der Waals surface area contributed by atoms with Gasteiger partial charge in [0.1, 0.15) is 54.6 Å². The fourth-order valence-corrected chi connectivity index (χ4v) is 4.12. The zero-order chi connectivity index (χ0) is 23.9. The van der Waals surface area contributed by atoms with Gasteiger partial charge in [-0.2, -0.15) is 0 Å². The lowest BCUT2D eigenvalue weighted by molar-refractivity contribution is -0.352. The number of halogens is 1. The van der Waals surface area contributed by atoms with Crippen LogP contribution in [0.3, 0.4) is 0 Å². The third-order valence-electron chi connectivity index (χ3n) is 5.81. The van der Waals surface area contributed by atoms with E-state index in [4.69, 9.17) is 30.5 Å². The molecule has 13 heteroatoms. The molecule has 0 radical (unpaired) electrons. The fourth-order valence-electron chi connectivity index (χ4n) is 3.95. The van der Waals surface area contributed by atoms with Crippen LogP contribution in [0, 0.1) is 0 Å². The lowest BCUT2D eigenvalue weighted by Crippen LogP contribution is -2.65. The molecule has 184 valence electrons. The average molecular weight is 492 g/mol. The van der Waals surface area contributed by atoms with Crippen molar-refractivity contribution in [2.24, 2.45) is 0 Å². The Balaban J connectivity index is 1.49. The predicted octanol–water partition coefficient (Wildman–Crippen LogP) is -2.18. The van der Waals surface area contributed by atoms with Gasteiger partial charge in [0.2, 0.25) is 6.29 Å². The van der Waals surface area contributed by atoms with Crippen molar-refractivity contribution < 1.29 is 54.7 Å². The molecule has 0 amide bonds. The van der Waals surface area contributed by atoms with Crippen molar-refractivity contribution in [1.82, 2.24) is 4.98 Å². The lowest BCUT2D eigenvalue weighted by Gasteiger charge is -2.45. The van der Waals surface area contributed by atoms with E-state index in [0.29, 0.717) is 21.7 Å². The summed E-state index contributed by atoms with van der Waals surface area (Å²) in [6.07, 6.45) is -13.7. The zero-order valence-corrected chi connectivity index (χ0v) is 17.9. The predicted molar refractivity (Wildman–Crippen MR) is 110 cm³/mol. The molecule has 33 heavy (non-hydrogen) atoms. The number of aliphatic hydroxyl groups excluding tert-OH is 7. The Labute approximate surface area is 192 Å². The van der Waals surface area contributed by atoms with Gasteiger partial charge < -0.3 is 59.7 Å². The van der Waals surface area contributed by atoms with Crippen LogP contribution in [0.4, 0.5) is 0 Å². The minimum absolute atomic E-state index is 0.308. The van der Waals surface area contributed by atoms with E-state index in [0.717, 1.165) is 0 Å². The molecule has 12 nitrogen and oxygen atoms in total. The number of hydrogen-bond acceptors (Lipinski definition) is 11. The van der Waals surface area contributed by atoms with E-state index < -0.39 is 74.6 Å². The van der Waals surface area contributed by atoms with Crippen LogP contribution in [0.25, 0.3) is 10.9 Å². The number of aliphatic hydroxyl groups is 7. The number of fused-ring (bicyclic) bond motifs is 1. The Bertz CT molecular complexity index is 940. The van der Waals surface area contributed by atoms with Crippen molar-refractivity contribution in [3.05, 3.63) is 29.4 Å². The Morgan fingerprint density at radius 1 is 0.848 bits per heavy atom. The summed E-state index contributed by atoms with van der Waals surface area (Å²) >= 11 is 5.97. The molecule has 0 spiro atoms. The molecule has 4 rings (SSSR count). The smallest absolute Gasteiger partial charge is 0.229 e. The normalized spacial score (nSPS) is 39.6. The molecule has 2 fully saturated rings. The van der Waals surface area contributed by atoms with Gasteiger partial charge in [-0.05, 0) is 18.2 Å². The Kier molecular flexibility index (Phi) is 7.43. The van der Waals surface area contributed by atoms with Crippen LogP contribution < -0.4 is 4.74 Å². The molecule has 1 aromatic carbocycles. The molecule has 3 heterocycles. The van der Waals surface area contributed by atoms with Crippen LogP contribution in [-0.4, -0.2) is 115 Å². The van der Waals surface area contributed by atoms with E-state index in [1.165, 1.54) is 6.20 Å². The molecule has 0 unspecified atom stereocenters. The number of H-pyrrole nitrogens is 1. The molecule has 2 saturated heterocycles. The first-order valence-electron chi connectivity index (χ1n) is 10.3. The Morgan fingerprint density at radius 3 is 2.21 bits per heavy atom. The minimum atomic E-state index is -1.74. The summed E-state index contributed by atoms with van der Waals surface area (Å²) in [6.45, 7) is -1.33. The summed E-state index contributed by atoms with van der Waals surface area (Å²) in [5.41, 5.74) is 0.672. The number of hydrogen-bond donors (Lipinski definition) is 8. The Hall–Kier alpha value is -1.55. The maximum absolute atomic E-state index is 10.7. The number of benzene rings is 1. The highest BCUT2D eigenvalue weighted by Gasteiger charge is 2.51. The molecule has 2 aromatic rings. The van der Waals surface area contributed by atoms with E-state index in [1.54, 1.807) is 18.2 Å². The summed E-state index contributed by atoms with van der Waals surface area (Å²) in [4.78, 5) is 2.96. The van der Waals surface area contributed by atoms with Crippen LogP contribution in [0.2, 0.25) is 5.02 Å². The third kappa shape index (κ3) is 4.70. The van der Waals surface area contributed by atoms with Gasteiger partial charge in [-0.3, -0.25) is 0 Å². The highest BCUT2D eigenvalue weighted by Crippen LogP contribution is 2.33. The van der Waals surface area contributed by atoms with E-state index in [2.05, 4.69) is 4.98 Å². The molecule has 1 aromatic heterocycles. The second kappa shape index (κ2) is 9.98. The lowest BCUT2D eigenvalue weighted by atomic mass is 9.97. The first-order valence-corrected chi connectivity index (χ1v) is 10.6. The molecular formula is C20H26ClNO11. The monoisotopic (exact) mass is 491 g/mol. The topological polar surface area (TPSA) is 194 Å². The van der Waals surface area contributed by atoms with Gasteiger partial charge in [-0.15, -0.1) is 0 Å². The highest BCUT2D eigenvalue weighted by atomic mass is 35.5. The number of rotatable bonds is 6. The largest absolute Gasteiger partial charge is 0.460 e. The molecular weight excluding hydrogens is 466 g/mol. The summed E-state index contributed by atoms with van der Waals surface area (Å²) in [6, 6.07) is 5.03. The van der Waals surface area contributed by atoms with Gasteiger partial charge >= 0.3 is 0 Å². The Morgan fingerprint density at radius 2 is 1.52 bits per heavy atom. The van der Waals surface area contributed by atoms with Crippen molar-refractivity contribution in [3.63, 3.8) is 0 Å². The van der Waals surface area contributed by atoms with Crippen LogP contribution in [0.15, 0.2) is 24.4 Å². The quantitative estimate of drug-likeness (QED) is 0.219. The number of aromatic amines is 1. The molecule has 0 aliphatic carbocycles. The van der Waals surface area contributed by atoms with Crippen molar-refractivity contribution in [2.75, 3.05) is 13.2 Å². The van der Waals surface area contributed by atoms with E-state index in [1.807, 2.05) is 0 Å². The number of ether oxygens (including phenoxy) is 4. The summed E-state index contributed by atoms with van der Waals surface area (Å²) in [5, 5.41) is 71.5. The highest BCUT2D eigenvalue weighted by molar-refractivity contribution is 6.31. The molecule has 2 aliphatic rings. The summed E-state index contributed by atoms with van der Waals surface area (Å²) in [7, 11) is 0. The van der Waals surface area contributed by atoms with Crippen LogP contribution in [-0.2, 0) is 14.2 Å². The van der Waals surface area contributed by atoms with Crippen molar-refractivity contribution in [1.29, 1.82) is 0 Å². The zero-order valence-electron chi connectivity index (χ0n) is 17.1. The van der Waals surface area contributed by atoms with Crippen LogP contribution in [0.1, 0.15) is 0 Å². The second-order valence-electron chi connectivity index (χ2n) is 7.97. The van der Waals surface area contributed by atoms with Crippen LogP contribution >= 0.6 is 11.6 Å². The van der Waals surface area contributed by atoms with Gasteiger partial charge in [0.05, 0.1) is 18.7 Å². The molecule has 2 aliphatic heterocycles. The number of aromatic nitrogens is 1. The van der Waals surface area contributed by atoms with Gasteiger partial charge in [0.25, 0.3) is 0 Å². The van der Waals surface area contributed by atoms with Crippen molar-refractivity contribution in [2.45, 2.75) is 61.4 Å². The van der Waals surface area contributed by atoms with Crippen LogP contribution in [0.5, 0.6) is 5.75 Å². The minimum Gasteiger partial charge on any atom is -0.460 e. The van der Waals surface area contributed by atoms with Gasteiger partial charge in [0.15, 0.2) is 6.29 Å². The van der Waals surface area contributed by atoms with E-state index in [9.17, 15) is 35.7 Å². The summed E-state index contributed by atoms with van der Waals surface area (Å²) in [5.74, 6) is 0.308. The third-order valence-corrected chi connectivity index (χ3v) is 6.04. The first-order chi connectivity index (χ1) is 15.7. The van der Waals surface area contributed by atoms with Crippen molar-refractivity contribution in [3.8, 4) is 5.75 Å². The van der Waals surface area contributed by atoms with E-state index in [-0.39, 0.29) is 0 Å². The maximum Gasteiger partial charge on any atom is 0.229 e. The second-order valence-corrected chi connectivity index (χ2v) is 8.40. The molecule has 0 bridgehead atoms. The molecule has 0 saturated carbocycles. The van der Waals surface area contributed by atoms with Gasteiger partial charge in [-0.1, -0.05) is 11.6 Å². The maximum atomic E-state index is 10.7. The standard InChI is InChI=1S/C20H26ClNO11/c21-7-1-2-8-9(3-7)22-4-10(8)30-19-17(29)15(27)18(12(6-24)32-19)33-20-16(28)14(26)13(25)11(5-23)31-20/h1-4,11-20,22-29H,5-6H2/t11-,12-,13+,14+,15-,16-,17-,18+,19-,20+/m0/s1. The number of nitrogens with one attached hydrogen (secondary N) is 1. The van der Waals surface area contributed by atoms with Gasteiger partial charge in [-0.25, -0.2) is 0 Å². The first kappa shape index (κ1) is 24.6. The van der Waals surface area contributed by atoms with Gasteiger partial charge in [0, 0.05) is 16.6 Å². The molecule has 10 atom stereocenters. The van der Waals surface area contributed by atoms with Crippen molar-refractivity contribution >= 4 is 22.5 Å².